The summed E-state index contributed by atoms with van der Waals surface area (Å²) in [7, 11) is 0. The van der Waals surface area contributed by atoms with E-state index < -0.39 is 0 Å². The normalized spacial score (nSPS) is 18.0. The molecule has 29 heavy (non-hydrogen) atoms. The maximum atomic E-state index is 9.35. The minimum absolute atomic E-state index is 0.301. The number of hydrogen-bond donors (Lipinski definition) is 3. The third-order valence-corrected chi connectivity index (χ3v) is 6.52. The number of aromatic nitrogens is 4. The molecule has 1 fully saturated rings. The van der Waals surface area contributed by atoms with Crippen LogP contribution in [0.5, 0.6) is 5.75 Å². The monoisotopic (exact) mass is 411 g/mol. The van der Waals surface area contributed by atoms with Gasteiger partial charge in [-0.2, -0.15) is 5.10 Å². The van der Waals surface area contributed by atoms with E-state index in [1.54, 1.807) is 11.3 Å². The number of aliphatic hydroxyl groups is 1. The molecule has 5 rings (SSSR count). The summed E-state index contributed by atoms with van der Waals surface area (Å²) in [5, 5.41) is 18.9. The van der Waals surface area contributed by atoms with Gasteiger partial charge in [-0.1, -0.05) is 0 Å². The van der Waals surface area contributed by atoms with Crippen molar-refractivity contribution < 1.29 is 9.84 Å². The van der Waals surface area contributed by atoms with Crippen LogP contribution in [0.15, 0.2) is 29.6 Å². The Labute approximate surface area is 172 Å². The number of rotatable bonds is 7. The van der Waals surface area contributed by atoms with Gasteiger partial charge < -0.3 is 19.7 Å². The lowest BCUT2D eigenvalue weighted by molar-refractivity contribution is 0.115. The highest BCUT2D eigenvalue weighted by Gasteiger charge is 2.18. The van der Waals surface area contributed by atoms with Gasteiger partial charge in [-0.05, 0) is 55.3 Å². The summed E-state index contributed by atoms with van der Waals surface area (Å²) < 4.78 is 7.09. The number of fused-ring (bicyclic) bond motifs is 2. The van der Waals surface area contributed by atoms with Crippen molar-refractivity contribution in [1.82, 2.24) is 25.1 Å². The second-order valence-electron chi connectivity index (χ2n) is 7.69. The Bertz CT molecular complexity index is 1100. The van der Waals surface area contributed by atoms with Crippen LogP contribution < -0.4 is 4.74 Å². The van der Waals surface area contributed by atoms with Crippen molar-refractivity contribution in [2.45, 2.75) is 19.3 Å². The first-order valence-corrected chi connectivity index (χ1v) is 11.1. The maximum absolute atomic E-state index is 9.35. The second kappa shape index (κ2) is 8.14. The van der Waals surface area contributed by atoms with Crippen LogP contribution in [-0.2, 0) is 0 Å². The van der Waals surface area contributed by atoms with Gasteiger partial charge in [0.25, 0.3) is 0 Å². The first-order chi connectivity index (χ1) is 14.3. The number of aliphatic hydroxyl groups excluding tert-OH is 1. The van der Waals surface area contributed by atoms with Gasteiger partial charge >= 0.3 is 0 Å². The minimum Gasteiger partial charge on any atom is -0.493 e. The number of H-pyrrole nitrogens is 2. The van der Waals surface area contributed by atoms with Crippen molar-refractivity contribution in [2.24, 2.45) is 5.92 Å². The third-order valence-electron chi connectivity index (χ3n) is 5.59. The molecule has 1 aromatic carbocycles. The third kappa shape index (κ3) is 3.88. The average Bonchev–Trinajstić information content (AvgIpc) is 3.46. The summed E-state index contributed by atoms with van der Waals surface area (Å²) in [6.45, 7) is 4.13. The van der Waals surface area contributed by atoms with E-state index in [0.29, 0.717) is 19.1 Å². The smallest absolute Gasteiger partial charge is 0.160 e. The molecule has 1 atom stereocenters. The molecule has 4 heterocycles. The van der Waals surface area contributed by atoms with E-state index >= 15 is 0 Å². The number of likely N-dealkylation sites (tertiary alicyclic amines) is 1. The Morgan fingerprint density at radius 2 is 2.24 bits per heavy atom. The SMILES string of the molecule is OCC1CCCN(CCCOc2ccc3nc(-c4n[nH]c5ccsc45)[nH]c3c2)C1. The van der Waals surface area contributed by atoms with Crippen LogP contribution in [0.3, 0.4) is 0 Å². The van der Waals surface area contributed by atoms with Crippen LogP contribution in [0.4, 0.5) is 0 Å². The van der Waals surface area contributed by atoms with Crippen molar-refractivity contribution in [3.05, 3.63) is 29.6 Å². The molecule has 152 valence electrons. The molecule has 3 N–H and O–H groups in total. The molecule has 1 aliphatic rings. The van der Waals surface area contributed by atoms with Gasteiger partial charge in [0.1, 0.15) is 11.4 Å². The fourth-order valence-electron chi connectivity index (χ4n) is 4.08. The number of thiophene rings is 1. The van der Waals surface area contributed by atoms with Gasteiger partial charge in [0.2, 0.25) is 0 Å². The Morgan fingerprint density at radius 1 is 1.28 bits per heavy atom. The van der Waals surface area contributed by atoms with E-state index in [-0.39, 0.29) is 0 Å². The van der Waals surface area contributed by atoms with Crippen molar-refractivity contribution in [1.29, 1.82) is 0 Å². The lowest BCUT2D eigenvalue weighted by atomic mass is 9.99. The molecule has 1 saturated heterocycles. The standard InChI is InChI=1S/C21H25N5O2S/c27-13-14-3-1-7-26(12-14)8-2-9-28-15-4-5-16-18(11-15)23-21(22-16)19-20-17(24-25-19)6-10-29-20/h4-6,10-11,14,27H,1-3,7-9,12-13H2,(H,22,23)(H,24,25). The zero-order chi connectivity index (χ0) is 19.6. The molecular formula is C21H25N5O2S. The van der Waals surface area contributed by atoms with Crippen molar-refractivity contribution in [2.75, 3.05) is 32.8 Å². The average molecular weight is 412 g/mol. The number of aromatic amines is 2. The quantitative estimate of drug-likeness (QED) is 0.404. The summed E-state index contributed by atoms with van der Waals surface area (Å²) in [6.07, 6.45) is 3.30. The summed E-state index contributed by atoms with van der Waals surface area (Å²) in [5.74, 6) is 2.06. The largest absolute Gasteiger partial charge is 0.493 e. The highest BCUT2D eigenvalue weighted by Crippen LogP contribution is 2.30. The molecule has 0 spiro atoms. The minimum atomic E-state index is 0.301. The number of nitrogens with one attached hydrogen (secondary N) is 2. The predicted molar refractivity (Wildman–Crippen MR) is 115 cm³/mol. The summed E-state index contributed by atoms with van der Waals surface area (Å²) in [4.78, 5) is 10.5. The molecule has 1 aliphatic heterocycles. The first kappa shape index (κ1) is 18.6. The van der Waals surface area contributed by atoms with E-state index in [0.717, 1.165) is 71.0 Å². The maximum Gasteiger partial charge on any atom is 0.160 e. The van der Waals surface area contributed by atoms with Gasteiger partial charge in [0, 0.05) is 25.8 Å². The number of benzene rings is 1. The van der Waals surface area contributed by atoms with Crippen molar-refractivity contribution in [3.8, 4) is 17.3 Å². The molecule has 0 bridgehead atoms. The highest BCUT2D eigenvalue weighted by atomic mass is 32.1. The van der Waals surface area contributed by atoms with Gasteiger partial charge in [-0.3, -0.25) is 5.10 Å². The molecule has 0 amide bonds. The number of ether oxygens (including phenoxy) is 1. The molecule has 1 unspecified atom stereocenters. The fourth-order valence-corrected chi connectivity index (χ4v) is 4.92. The van der Waals surface area contributed by atoms with Crippen LogP contribution in [0, 0.1) is 5.92 Å². The molecule has 0 aliphatic carbocycles. The van der Waals surface area contributed by atoms with Gasteiger partial charge in [-0.15, -0.1) is 11.3 Å². The molecule has 3 aromatic heterocycles. The van der Waals surface area contributed by atoms with Crippen molar-refractivity contribution in [3.63, 3.8) is 0 Å². The number of hydrogen-bond acceptors (Lipinski definition) is 6. The van der Waals surface area contributed by atoms with Crippen LogP contribution in [-0.4, -0.2) is 63.0 Å². The Morgan fingerprint density at radius 3 is 3.17 bits per heavy atom. The Hall–Kier alpha value is -2.42. The van der Waals surface area contributed by atoms with E-state index in [1.807, 2.05) is 24.3 Å². The molecular weight excluding hydrogens is 386 g/mol. The van der Waals surface area contributed by atoms with Crippen LogP contribution >= 0.6 is 11.3 Å². The summed E-state index contributed by atoms with van der Waals surface area (Å²) in [6, 6.07) is 7.99. The topological polar surface area (TPSA) is 90.1 Å². The van der Waals surface area contributed by atoms with Gasteiger partial charge in [0.05, 0.1) is 27.9 Å². The Kier molecular flexibility index (Phi) is 5.22. The lowest BCUT2D eigenvalue weighted by Crippen LogP contribution is -2.37. The number of imidazole rings is 1. The summed E-state index contributed by atoms with van der Waals surface area (Å²) >= 11 is 1.66. The Balaban J connectivity index is 1.21. The van der Waals surface area contributed by atoms with Crippen LogP contribution in [0.2, 0.25) is 0 Å². The second-order valence-corrected chi connectivity index (χ2v) is 8.61. The lowest BCUT2D eigenvalue weighted by Gasteiger charge is -2.31. The van der Waals surface area contributed by atoms with E-state index in [4.69, 9.17) is 4.74 Å². The van der Waals surface area contributed by atoms with Crippen LogP contribution in [0.1, 0.15) is 19.3 Å². The van der Waals surface area contributed by atoms with E-state index in [9.17, 15) is 5.11 Å². The van der Waals surface area contributed by atoms with E-state index in [1.165, 1.54) is 6.42 Å². The molecule has 0 saturated carbocycles. The molecule has 4 aromatic rings. The molecule has 7 nitrogen and oxygen atoms in total. The zero-order valence-electron chi connectivity index (χ0n) is 16.2. The van der Waals surface area contributed by atoms with Gasteiger partial charge in [-0.25, -0.2) is 4.98 Å². The highest BCUT2D eigenvalue weighted by molar-refractivity contribution is 7.17. The van der Waals surface area contributed by atoms with Crippen LogP contribution in [0.25, 0.3) is 32.8 Å². The number of nitrogens with zero attached hydrogens (tertiary/aromatic N) is 3. The zero-order valence-corrected chi connectivity index (χ0v) is 17.0. The van der Waals surface area contributed by atoms with E-state index in [2.05, 4.69) is 30.4 Å². The first-order valence-electron chi connectivity index (χ1n) is 10.2. The summed E-state index contributed by atoms with van der Waals surface area (Å²) in [5.41, 5.74) is 3.75. The fraction of sp³-hybridized carbons (Fsp3) is 0.429. The molecule has 0 radical (unpaired) electrons. The van der Waals surface area contributed by atoms with Gasteiger partial charge in [0.15, 0.2) is 5.82 Å². The predicted octanol–water partition coefficient (Wildman–Crippen LogP) is 3.64. The molecule has 8 heteroatoms. The van der Waals surface area contributed by atoms with Crippen molar-refractivity contribution >= 4 is 32.6 Å². The number of piperidine rings is 1.